The summed E-state index contributed by atoms with van der Waals surface area (Å²) < 4.78 is 33.1. The van der Waals surface area contributed by atoms with Crippen molar-refractivity contribution in [1.29, 1.82) is 0 Å². The summed E-state index contributed by atoms with van der Waals surface area (Å²) >= 11 is 0. The van der Waals surface area contributed by atoms with Crippen LogP contribution in [0.2, 0.25) is 0 Å². The van der Waals surface area contributed by atoms with Crippen molar-refractivity contribution in [2.24, 2.45) is 5.92 Å². The molecule has 1 saturated heterocycles. The molecule has 1 aliphatic heterocycles. The van der Waals surface area contributed by atoms with Crippen molar-refractivity contribution in [2.75, 3.05) is 13.2 Å². The van der Waals surface area contributed by atoms with Gasteiger partial charge in [0.25, 0.3) is 5.92 Å². The van der Waals surface area contributed by atoms with Gasteiger partial charge in [-0.1, -0.05) is 62.4 Å². The van der Waals surface area contributed by atoms with Gasteiger partial charge in [-0.3, -0.25) is 4.79 Å². The number of nitrogens with one attached hydrogen (secondary N) is 1. The summed E-state index contributed by atoms with van der Waals surface area (Å²) in [4.78, 5) is 37.4. The van der Waals surface area contributed by atoms with Crippen molar-refractivity contribution in [2.45, 2.75) is 50.6 Å². The highest BCUT2D eigenvalue weighted by Crippen LogP contribution is 2.44. The zero-order valence-electron chi connectivity index (χ0n) is 19.5. The molecule has 0 bridgehead atoms. The van der Waals surface area contributed by atoms with Crippen LogP contribution in [0.3, 0.4) is 0 Å². The Labute approximate surface area is 202 Å². The van der Waals surface area contributed by atoms with Crippen LogP contribution in [0.25, 0.3) is 11.1 Å². The van der Waals surface area contributed by atoms with Crippen LogP contribution in [0, 0.1) is 5.92 Å². The number of likely N-dealkylation sites (tertiary alicyclic amines) is 1. The summed E-state index contributed by atoms with van der Waals surface area (Å²) in [5.74, 6) is -5.82. The molecular weight excluding hydrogens is 458 g/mol. The third kappa shape index (κ3) is 5.13. The Morgan fingerprint density at radius 1 is 1.09 bits per heavy atom. The lowest BCUT2D eigenvalue weighted by molar-refractivity contribution is -0.148. The monoisotopic (exact) mass is 486 g/mol. The molecule has 7 nitrogen and oxygen atoms in total. The maximum Gasteiger partial charge on any atom is 0.407 e. The first-order valence-corrected chi connectivity index (χ1v) is 11.6. The summed E-state index contributed by atoms with van der Waals surface area (Å²) in [5, 5.41) is 11.9. The number of halogens is 2. The van der Waals surface area contributed by atoms with Crippen LogP contribution in [0.15, 0.2) is 48.5 Å². The number of carboxylic acids is 1. The van der Waals surface area contributed by atoms with Crippen LogP contribution in [0.5, 0.6) is 0 Å². The maximum atomic E-state index is 13.8. The summed E-state index contributed by atoms with van der Waals surface area (Å²) in [7, 11) is 0. The van der Waals surface area contributed by atoms with Gasteiger partial charge in [0.05, 0.1) is 6.54 Å². The molecule has 1 fully saturated rings. The van der Waals surface area contributed by atoms with E-state index in [-0.39, 0.29) is 24.9 Å². The van der Waals surface area contributed by atoms with Gasteiger partial charge >= 0.3 is 12.1 Å². The van der Waals surface area contributed by atoms with Crippen LogP contribution in [0.1, 0.15) is 43.7 Å². The quantitative estimate of drug-likeness (QED) is 0.610. The van der Waals surface area contributed by atoms with Gasteiger partial charge in [-0.15, -0.1) is 0 Å². The number of alkyl halides is 2. The van der Waals surface area contributed by atoms with Gasteiger partial charge < -0.3 is 20.1 Å². The lowest BCUT2D eigenvalue weighted by Gasteiger charge is -2.26. The average molecular weight is 487 g/mol. The van der Waals surface area contributed by atoms with E-state index in [1.807, 2.05) is 48.5 Å². The van der Waals surface area contributed by atoms with Gasteiger partial charge in [0.15, 0.2) is 0 Å². The molecule has 0 radical (unpaired) electrons. The molecule has 186 valence electrons. The fourth-order valence-corrected chi connectivity index (χ4v) is 4.85. The van der Waals surface area contributed by atoms with E-state index in [4.69, 9.17) is 4.74 Å². The number of nitrogens with zero attached hydrogens (tertiary/aromatic N) is 1. The van der Waals surface area contributed by atoms with Crippen molar-refractivity contribution in [3.63, 3.8) is 0 Å². The minimum atomic E-state index is -3.26. The van der Waals surface area contributed by atoms with Crippen LogP contribution in [-0.2, 0) is 14.3 Å². The smallest absolute Gasteiger partial charge is 0.407 e. The molecular formula is C26H28F2N2O5. The molecule has 1 heterocycles. The Balaban J connectivity index is 1.39. The molecule has 2 aliphatic rings. The number of carbonyl (C=O) groups is 3. The lowest BCUT2D eigenvalue weighted by Crippen LogP contribution is -2.46. The van der Waals surface area contributed by atoms with E-state index < -0.39 is 48.9 Å². The molecule has 35 heavy (non-hydrogen) atoms. The molecule has 2 amide bonds. The van der Waals surface area contributed by atoms with Crippen molar-refractivity contribution in [1.82, 2.24) is 10.2 Å². The summed E-state index contributed by atoms with van der Waals surface area (Å²) in [6, 6.07) is 13.6. The van der Waals surface area contributed by atoms with Gasteiger partial charge in [-0.2, -0.15) is 0 Å². The number of rotatable bonds is 7. The van der Waals surface area contributed by atoms with Crippen molar-refractivity contribution < 1.29 is 33.0 Å². The number of carbonyl (C=O) groups excluding carboxylic acids is 2. The average Bonchev–Trinajstić information content (AvgIpc) is 3.31. The Bertz CT molecular complexity index is 1090. The molecule has 0 aromatic heterocycles. The number of aliphatic carboxylic acids is 1. The summed E-state index contributed by atoms with van der Waals surface area (Å²) in [5.41, 5.74) is 4.31. The lowest BCUT2D eigenvalue weighted by atomic mass is 9.98. The molecule has 2 aromatic rings. The number of fused-ring (bicyclic) bond motifs is 3. The number of hydrogen-bond acceptors (Lipinski definition) is 4. The third-order valence-corrected chi connectivity index (χ3v) is 6.72. The zero-order chi connectivity index (χ0) is 25.3. The van der Waals surface area contributed by atoms with Gasteiger partial charge in [-0.05, 0) is 28.2 Å². The van der Waals surface area contributed by atoms with Crippen LogP contribution in [-0.4, -0.2) is 59.1 Å². The van der Waals surface area contributed by atoms with E-state index in [0.717, 1.165) is 22.3 Å². The minimum absolute atomic E-state index is 0.0953. The van der Waals surface area contributed by atoms with E-state index in [1.165, 1.54) is 0 Å². The topological polar surface area (TPSA) is 95.9 Å². The Morgan fingerprint density at radius 3 is 2.20 bits per heavy atom. The zero-order valence-corrected chi connectivity index (χ0v) is 19.5. The molecule has 1 aliphatic carbocycles. The molecule has 1 unspecified atom stereocenters. The van der Waals surface area contributed by atoms with E-state index in [2.05, 4.69) is 5.32 Å². The highest BCUT2D eigenvalue weighted by atomic mass is 19.3. The van der Waals surface area contributed by atoms with E-state index >= 15 is 0 Å². The number of ether oxygens (including phenoxy) is 1. The normalized spacial score (nSPS) is 19.2. The largest absolute Gasteiger partial charge is 0.480 e. The molecule has 2 atom stereocenters. The third-order valence-electron chi connectivity index (χ3n) is 6.72. The van der Waals surface area contributed by atoms with Gasteiger partial charge in [0.2, 0.25) is 5.91 Å². The fraction of sp³-hybridized carbons (Fsp3) is 0.423. The van der Waals surface area contributed by atoms with Crippen molar-refractivity contribution >= 4 is 18.0 Å². The number of amides is 2. The molecule has 0 spiro atoms. The first-order valence-electron chi connectivity index (χ1n) is 11.6. The van der Waals surface area contributed by atoms with Crippen molar-refractivity contribution in [3.8, 4) is 11.1 Å². The Morgan fingerprint density at radius 2 is 1.66 bits per heavy atom. The highest BCUT2D eigenvalue weighted by Gasteiger charge is 2.50. The minimum Gasteiger partial charge on any atom is -0.480 e. The standard InChI is InChI=1S/C26H28F2N2O5/c1-15(2)21(11-23(31)30-14-26(27,28)12-22(30)24(32)33)29-25(34)35-13-20-18-9-5-3-7-16(18)17-8-4-6-10-19(17)20/h3-10,15,20-22H,11-14H2,1-2H3,(H,29,34)(H,32,33)/t21-,22?/m0/s1. The Kier molecular flexibility index (Phi) is 6.78. The predicted molar refractivity (Wildman–Crippen MR) is 124 cm³/mol. The molecule has 4 rings (SSSR count). The van der Waals surface area contributed by atoms with Crippen LogP contribution < -0.4 is 5.32 Å². The number of alkyl carbamates (subject to hydrolysis) is 1. The van der Waals surface area contributed by atoms with Gasteiger partial charge in [-0.25, -0.2) is 18.4 Å². The Hall–Kier alpha value is -3.49. The van der Waals surface area contributed by atoms with E-state index in [1.54, 1.807) is 13.8 Å². The molecule has 0 saturated carbocycles. The van der Waals surface area contributed by atoms with Crippen molar-refractivity contribution in [3.05, 3.63) is 59.7 Å². The maximum absolute atomic E-state index is 13.8. The van der Waals surface area contributed by atoms with E-state index in [9.17, 15) is 28.3 Å². The number of carboxylic acid groups (broad SMARTS) is 1. The SMILES string of the molecule is CC(C)[C@H](CC(=O)N1CC(F)(F)CC1C(=O)O)NC(=O)OCC1c2ccccc2-c2ccccc21. The fourth-order valence-electron chi connectivity index (χ4n) is 4.85. The second-order valence-electron chi connectivity index (χ2n) is 9.46. The second-order valence-corrected chi connectivity index (χ2v) is 9.46. The first kappa shape index (κ1) is 24.6. The van der Waals surface area contributed by atoms with Gasteiger partial charge in [0.1, 0.15) is 12.6 Å². The highest BCUT2D eigenvalue weighted by molar-refractivity contribution is 5.85. The second kappa shape index (κ2) is 9.64. The number of hydrogen-bond donors (Lipinski definition) is 2. The van der Waals surface area contributed by atoms with Crippen LogP contribution in [0.4, 0.5) is 13.6 Å². The van der Waals surface area contributed by atoms with Gasteiger partial charge in [0, 0.05) is 24.8 Å². The first-order chi connectivity index (χ1) is 16.6. The molecule has 9 heteroatoms. The summed E-state index contributed by atoms with van der Waals surface area (Å²) in [6.07, 6.45) is -1.94. The predicted octanol–water partition coefficient (Wildman–Crippen LogP) is 4.26. The molecule has 2 N–H and O–H groups in total. The van der Waals surface area contributed by atoms with Crippen LogP contribution >= 0.6 is 0 Å². The number of benzene rings is 2. The van der Waals surface area contributed by atoms with E-state index in [0.29, 0.717) is 4.90 Å². The molecule has 2 aromatic carbocycles. The summed E-state index contributed by atoms with van der Waals surface area (Å²) in [6.45, 7) is 2.69.